The molecule has 0 radical (unpaired) electrons. The van der Waals surface area contributed by atoms with Crippen LogP contribution in [0.4, 0.5) is 0 Å². The minimum Gasteiger partial charge on any atom is -0.497 e. The fourth-order valence-corrected chi connectivity index (χ4v) is 2.02. The summed E-state index contributed by atoms with van der Waals surface area (Å²) in [6, 6.07) is 5.18. The second kappa shape index (κ2) is 5.86. The number of ether oxygens (including phenoxy) is 1. The smallest absolute Gasteiger partial charge is 0.303 e. The lowest BCUT2D eigenvalue weighted by atomic mass is 10.0. The van der Waals surface area contributed by atoms with Crippen molar-refractivity contribution in [2.75, 3.05) is 7.11 Å². The Morgan fingerprint density at radius 1 is 1.62 bits per heavy atom. The molecular weight excluding hydrogens is 274 g/mol. The molecule has 3 N–H and O–H groups in total. The van der Waals surface area contributed by atoms with E-state index in [0.717, 1.165) is 15.8 Å². The van der Waals surface area contributed by atoms with Crippen molar-refractivity contribution in [3.63, 3.8) is 0 Å². The maximum absolute atomic E-state index is 10.4. The minimum atomic E-state index is -0.833. The van der Waals surface area contributed by atoms with Crippen molar-refractivity contribution < 1.29 is 14.6 Å². The molecule has 0 aliphatic carbocycles. The van der Waals surface area contributed by atoms with Gasteiger partial charge in [-0.2, -0.15) is 0 Å². The van der Waals surface area contributed by atoms with Crippen molar-refractivity contribution in [1.82, 2.24) is 0 Å². The van der Waals surface area contributed by atoms with Gasteiger partial charge in [-0.25, -0.2) is 0 Å². The number of hydrogen-bond acceptors (Lipinski definition) is 3. The van der Waals surface area contributed by atoms with Crippen LogP contribution in [0, 0.1) is 0 Å². The molecule has 0 fully saturated rings. The van der Waals surface area contributed by atoms with E-state index in [4.69, 9.17) is 15.6 Å². The summed E-state index contributed by atoms with van der Waals surface area (Å²) >= 11 is 3.39. The first-order valence-corrected chi connectivity index (χ1v) is 5.64. The molecule has 4 nitrogen and oxygen atoms in total. The van der Waals surface area contributed by atoms with E-state index >= 15 is 0 Å². The summed E-state index contributed by atoms with van der Waals surface area (Å²) in [5.41, 5.74) is 6.79. The highest BCUT2D eigenvalue weighted by atomic mass is 79.9. The van der Waals surface area contributed by atoms with Gasteiger partial charge in [-0.15, -0.1) is 0 Å². The van der Waals surface area contributed by atoms with Crippen LogP contribution in [-0.4, -0.2) is 18.2 Å². The molecule has 0 heterocycles. The van der Waals surface area contributed by atoms with Gasteiger partial charge in [-0.1, -0.05) is 22.0 Å². The second-order valence-corrected chi connectivity index (χ2v) is 4.28. The summed E-state index contributed by atoms with van der Waals surface area (Å²) in [5, 5.41) is 8.57. The van der Waals surface area contributed by atoms with Crippen molar-refractivity contribution in [2.24, 2.45) is 5.73 Å². The molecule has 0 aliphatic heterocycles. The number of aliphatic carboxylic acids is 1. The number of hydrogen-bond donors (Lipinski definition) is 2. The fourth-order valence-electron chi connectivity index (χ4n) is 1.37. The standard InChI is InChI=1S/C11H14BrNO3/c1-16-7-2-3-8(9(12)6-7)10(13)4-5-11(14)15/h2-3,6,10H,4-5,13H2,1H3,(H,14,15). The molecule has 0 amide bonds. The van der Waals surface area contributed by atoms with Gasteiger partial charge < -0.3 is 15.6 Å². The molecule has 88 valence electrons. The molecule has 0 saturated carbocycles. The van der Waals surface area contributed by atoms with Crippen LogP contribution in [0.2, 0.25) is 0 Å². The quantitative estimate of drug-likeness (QED) is 0.872. The maximum atomic E-state index is 10.4. The number of halogens is 1. The van der Waals surface area contributed by atoms with E-state index in [1.165, 1.54) is 0 Å². The van der Waals surface area contributed by atoms with Crippen LogP contribution in [0.1, 0.15) is 24.4 Å². The summed E-state index contributed by atoms with van der Waals surface area (Å²) in [6.45, 7) is 0. The Morgan fingerprint density at radius 2 is 2.31 bits per heavy atom. The molecule has 1 rings (SSSR count). The molecule has 0 saturated heterocycles. The highest BCUT2D eigenvalue weighted by Crippen LogP contribution is 2.28. The van der Waals surface area contributed by atoms with Gasteiger partial charge in [0.1, 0.15) is 5.75 Å². The second-order valence-electron chi connectivity index (χ2n) is 3.43. The molecule has 16 heavy (non-hydrogen) atoms. The Bertz CT molecular complexity index is 381. The molecule has 0 aliphatic rings. The zero-order valence-electron chi connectivity index (χ0n) is 8.94. The lowest BCUT2D eigenvalue weighted by Gasteiger charge is -2.13. The fraction of sp³-hybridized carbons (Fsp3) is 0.364. The Kier molecular flexibility index (Phi) is 4.76. The van der Waals surface area contributed by atoms with Gasteiger partial charge in [-0.3, -0.25) is 4.79 Å². The third-order valence-electron chi connectivity index (χ3n) is 2.28. The van der Waals surface area contributed by atoms with Gasteiger partial charge in [0.25, 0.3) is 0 Å². The highest BCUT2D eigenvalue weighted by Gasteiger charge is 2.12. The van der Waals surface area contributed by atoms with E-state index in [9.17, 15) is 4.79 Å². The number of carbonyl (C=O) groups is 1. The lowest BCUT2D eigenvalue weighted by Crippen LogP contribution is -2.12. The Balaban J connectivity index is 2.75. The topological polar surface area (TPSA) is 72.5 Å². The summed E-state index contributed by atoms with van der Waals surface area (Å²) in [4.78, 5) is 10.4. The number of nitrogens with two attached hydrogens (primary N) is 1. The van der Waals surface area contributed by atoms with Crippen molar-refractivity contribution in [1.29, 1.82) is 0 Å². The van der Waals surface area contributed by atoms with Crippen LogP contribution < -0.4 is 10.5 Å². The molecule has 1 aromatic rings. The van der Waals surface area contributed by atoms with Gasteiger partial charge in [0.15, 0.2) is 0 Å². The van der Waals surface area contributed by atoms with Crippen LogP contribution in [0.15, 0.2) is 22.7 Å². The average Bonchev–Trinajstić information content (AvgIpc) is 2.25. The Labute approximate surface area is 103 Å². The first-order chi connectivity index (χ1) is 7.54. The largest absolute Gasteiger partial charge is 0.497 e. The van der Waals surface area contributed by atoms with Gasteiger partial charge in [0, 0.05) is 16.9 Å². The molecule has 0 spiro atoms. The van der Waals surface area contributed by atoms with E-state index in [-0.39, 0.29) is 12.5 Å². The van der Waals surface area contributed by atoms with Gasteiger partial charge >= 0.3 is 5.97 Å². The summed E-state index contributed by atoms with van der Waals surface area (Å²) < 4.78 is 5.90. The first kappa shape index (κ1) is 13.0. The summed E-state index contributed by atoms with van der Waals surface area (Å²) in [7, 11) is 1.59. The van der Waals surface area contributed by atoms with E-state index in [0.29, 0.717) is 6.42 Å². The molecule has 5 heteroatoms. The Morgan fingerprint density at radius 3 is 2.81 bits per heavy atom. The monoisotopic (exact) mass is 287 g/mol. The summed E-state index contributed by atoms with van der Waals surface area (Å²) in [6.07, 6.45) is 0.486. The number of methoxy groups -OCH3 is 1. The predicted octanol–water partition coefficient (Wildman–Crippen LogP) is 2.32. The third-order valence-corrected chi connectivity index (χ3v) is 2.96. The molecule has 0 aromatic heterocycles. The van der Waals surface area contributed by atoms with Crippen molar-refractivity contribution in [3.05, 3.63) is 28.2 Å². The maximum Gasteiger partial charge on any atom is 0.303 e. The first-order valence-electron chi connectivity index (χ1n) is 4.85. The molecule has 1 atom stereocenters. The summed E-state index contributed by atoms with van der Waals surface area (Å²) in [5.74, 6) is -0.0962. The van der Waals surface area contributed by atoms with E-state index < -0.39 is 5.97 Å². The number of rotatable bonds is 5. The SMILES string of the molecule is COc1ccc(C(N)CCC(=O)O)c(Br)c1. The lowest BCUT2D eigenvalue weighted by molar-refractivity contribution is -0.137. The van der Waals surface area contributed by atoms with Crippen LogP contribution in [-0.2, 0) is 4.79 Å². The Hall–Kier alpha value is -1.07. The zero-order valence-corrected chi connectivity index (χ0v) is 10.5. The number of benzene rings is 1. The third kappa shape index (κ3) is 3.50. The predicted molar refractivity (Wildman–Crippen MR) is 64.5 cm³/mol. The van der Waals surface area contributed by atoms with Gasteiger partial charge in [0.05, 0.1) is 7.11 Å². The van der Waals surface area contributed by atoms with Crippen LogP contribution in [0.25, 0.3) is 0 Å². The minimum absolute atomic E-state index is 0.0691. The van der Waals surface area contributed by atoms with Crippen molar-refractivity contribution >= 4 is 21.9 Å². The highest BCUT2D eigenvalue weighted by molar-refractivity contribution is 9.10. The molecule has 1 aromatic carbocycles. The van der Waals surface area contributed by atoms with Crippen molar-refractivity contribution in [3.8, 4) is 5.75 Å². The zero-order chi connectivity index (χ0) is 12.1. The van der Waals surface area contributed by atoms with E-state index in [1.54, 1.807) is 13.2 Å². The molecular formula is C11H14BrNO3. The van der Waals surface area contributed by atoms with Crippen molar-refractivity contribution in [2.45, 2.75) is 18.9 Å². The van der Waals surface area contributed by atoms with Crippen LogP contribution in [0.3, 0.4) is 0 Å². The number of carboxylic acids is 1. The normalized spacial score (nSPS) is 12.2. The van der Waals surface area contributed by atoms with E-state index in [1.807, 2.05) is 12.1 Å². The molecule has 1 unspecified atom stereocenters. The van der Waals surface area contributed by atoms with Gasteiger partial charge in [0.2, 0.25) is 0 Å². The van der Waals surface area contributed by atoms with E-state index in [2.05, 4.69) is 15.9 Å². The number of carboxylic acid groups (broad SMARTS) is 1. The average molecular weight is 288 g/mol. The molecule has 0 bridgehead atoms. The van der Waals surface area contributed by atoms with Crippen LogP contribution >= 0.6 is 15.9 Å². The van der Waals surface area contributed by atoms with Crippen LogP contribution in [0.5, 0.6) is 5.75 Å². The van der Waals surface area contributed by atoms with Gasteiger partial charge in [-0.05, 0) is 24.1 Å².